The van der Waals surface area contributed by atoms with Crippen LogP contribution >= 0.6 is 9.24 Å². The third kappa shape index (κ3) is 2.80. The Kier molecular flexibility index (Phi) is 4.10. The second-order valence-electron chi connectivity index (χ2n) is 4.31. The van der Waals surface area contributed by atoms with Crippen molar-refractivity contribution in [2.24, 2.45) is 0 Å². The Morgan fingerprint density at radius 1 is 1.29 bits per heavy atom. The highest BCUT2D eigenvalue weighted by atomic mass is 31.0. The van der Waals surface area contributed by atoms with Gasteiger partial charge in [0, 0.05) is 6.54 Å². The van der Waals surface area contributed by atoms with Crippen LogP contribution in [0.4, 0.5) is 0 Å². The monoisotopic (exact) mass is 209 g/mol. The van der Waals surface area contributed by atoms with Crippen molar-refractivity contribution in [3.63, 3.8) is 0 Å². The van der Waals surface area contributed by atoms with Crippen molar-refractivity contribution >= 4 is 14.5 Å². The van der Waals surface area contributed by atoms with Crippen LogP contribution in [-0.4, -0.2) is 19.0 Å². The Balaban J connectivity index is 3.08. The third-order valence-corrected chi connectivity index (χ3v) is 2.80. The van der Waals surface area contributed by atoms with E-state index >= 15 is 0 Å². The van der Waals surface area contributed by atoms with Gasteiger partial charge in [-0.25, -0.2) is 0 Å². The van der Waals surface area contributed by atoms with E-state index in [1.165, 1.54) is 16.4 Å². The highest BCUT2D eigenvalue weighted by Crippen LogP contribution is 2.20. The molecule has 0 fully saturated rings. The molecule has 1 nitrogen and oxygen atoms in total. The topological polar surface area (TPSA) is 3.24 Å². The van der Waals surface area contributed by atoms with E-state index in [2.05, 4.69) is 60.3 Å². The first-order valence-corrected chi connectivity index (χ1v) is 5.62. The molecule has 1 unspecified atom stereocenters. The number of hydrogen-bond acceptors (Lipinski definition) is 1. The molecule has 0 saturated heterocycles. The lowest BCUT2D eigenvalue weighted by molar-refractivity contribution is 0.400. The van der Waals surface area contributed by atoms with Crippen molar-refractivity contribution in [1.29, 1.82) is 0 Å². The Morgan fingerprint density at radius 3 is 2.43 bits per heavy atom. The van der Waals surface area contributed by atoms with Crippen molar-refractivity contribution in [3.05, 3.63) is 29.3 Å². The SMILES string of the molecule is CC(C)c1c(P)cccc1CN(C)C. The number of nitrogens with zero attached hydrogens (tertiary/aromatic N) is 1. The van der Waals surface area contributed by atoms with Gasteiger partial charge in [-0.15, -0.1) is 9.24 Å². The molecule has 1 aromatic rings. The molecule has 0 saturated carbocycles. The molecule has 0 bridgehead atoms. The summed E-state index contributed by atoms with van der Waals surface area (Å²) in [6.07, 6.45) is 0. The fourth-order valence-electron chi connectivity index (χ4n) is 1.82. The smallest absolute Gasteiger partial charge is 0.0230 e. The average Bonchev–Trinajstić information content (AvgIpc) is 2.01. The molecule has 0 heterocycles. The van der Waals surface area contributed by atoms with Crippen LogP contribution in [0.5, 0.6) is 0 Å². The fraction of sp³-hybridized carbons (Fsp3) is 0.500. The molecule has 0 aliphatic rings. The molecule has 0 spiro atoms. The lowest BCUT2D eigenvalue weighted by Gasteiger charge is -2.18. The van der Waals surface area contributed by atoms with Crippen LogP contribution in [-0.2, 0) is 6.54 Å². The molecule has 0 aliphatic carbocycles. The maximum atomic E-state index is 2.83. The fourth-order valence-corrected chi connectivity index (χ4v) is 2.45. The van der Waals surface area contributed by atoms with Gasteiger partial charge in [-0.3, -0.25) is 0 Å². The summed E-state index contributed by atoms with van der Waals surface area (Å²) in [7, 11) is 7.05. The maximum absolute atomic E-state index is 2.83. The summed E-state index contributed by atoms with van der Waals surface area (Å²) in [5, 5.41) is 1.33. The van der Waals surface area contributed by atoms with Crippen LogP contribution in [0, 0.1) is 0 Å². The third-order valence-electron chi connectivity index (χ3n) is 2.29. The second kappa shape index (κ2) is 4.91. The molecule has 1 aromatic carbocycles. The van der Waals surface area contributed by atoms with Crippen LogP contribution in [0.25, 0.3) is 0 Å². The molecule has 78 valence electrons. The molecule has 1 rings (SSSR count). The average molecular weight is 209 g/mol. The normalized spacial score (nSPS) is 11.4. The summed E-state index contributed by atoms with van der Waals surface area (Å²) < 4.78 is 0. The number of hydrogen-bond donors (Lipinski definition) is 0. The minimum Gasteiger partial charge on any atom is -0.305 e. The van der Waals surface area contributed by atoms with E-state index in [4.69, 9.17) is 0 Å². The first-order chi connectivity index (χ1) is 6.52. The maximum Gasteiger partial charge on any atom is 0.0230 e. The minimum atomic E-state index is 0.596. The summed E-state index contributed by atoms with van der Waals surface area (Å²) in [4.78, 5) is 2.21. The van der Waals surface area contributed by atoms with Crippen LogP contribution in [0.1, 0.15) is 30.9 Å². The van der Waals surface area contributed by atoms with Gasteiger partial charge in [-0.1, -0.05) is 32.0 Å². The Labute approximate surface area is 89.7 Å². The molecule has 0 amide bonds. The molecule has 0 N–H and O–H groups in total. The van der Waals surface area contributed by atoms with E-state index in [0.29, 0.717) is 5.92 Å². The van der Waals surface area contributed by atoms with Crippen molar-refractivity contribution in [3.8, 4) is 0 Å². The van der Waals surface area contributed by atoms with E-state index < -0.39 is 0 Å². The molecule has 0 radical (unpaired) electrons. The van der Waals surface area contributed by atoms with Gasteiger partial charge in [-0.05, 0) is 36.4 Å². The van der Waals surface area contributed by atoms with Crippen LogP contribution in [0.3, 0.4) is 0 Å². The van der Waals surface area contributed by atoms with Gasteiger partial charge in [0.25, 0.3) is 0 Å². The van der Waals surface area contributed by atoms with E-state index in [1.54, 1.807) is 0 Å². The molecule has 1 atom stereocenters. The zero-order valence-electron chi connectivity index (χ0n) is 9.54. The Bertz CT molecular complexity index is 305. The summed E-state index contributed by atoms with van der Waals surface area (Å²) >= 11 is 0. The second-order valence-corrected chi connectivity index (χ2v) is 4.93. The van der Waals surface area contributed by atoms with E-state index in [9.17, 15) is 0 Å². The van der Waals surface area contributed by atoms with E-state index in [1.807, 2.05) is 0 Å². The number of benzene rings is 1. The van der Waals surface area contributed by atoms with Gasteiger partial charge < -0.3 is 4.90 Å². The van der Waals surface area contributed by atoms with Crippen LogP contribution in [0.2, 0.25) is 0 Å². The molecule has 0 aromatic heterocycles. The molecule has 2 heteroatoms. The lowest BCUT2D eigenvalue weighted by Crippen LogP contribution is -2.16. The summed E-state index contributed by atoms with van der Waals surface area (Å²) in [6.45, 7) is 5.53. The molecule has 14 heavy (non-hydrogen) atoms. The molecule has 0 aliphatic heterocycles. The lowest BCUT2D eigenvalue weighted by atomic mass is 9.97. The van der Waals surface area contributed by atoms with Gasteiger partial charge in [0.05, 0.1) is 0 Å². The van der Waals surface area contributed by atoms with Crippen molar-refractivity contribution in [2.45, 2.75) is 26.3 Å². The summed E-state index contributed by atoms with van der Waals surface area (Å²) in [5.74, 6) is 0.596. The van der Waals surface area contributed by atoms with Crippen molar-refractivity contribution in [1.82, 2.24) is 4.90 Å². The van der Waals surface area contributed by atoms with Crippen molar-refractivity contribution in [2.75, 3.05) is 14.1 Å². The quantitative estimate of drug-likeness (QED) is 0.691. The first kappa shape index (κ1) is 11.7. The van der Waals surface area contributed by atoms with Gasteiger partial charge in [0.1, 0.15) is 0 Å². The van der Waals surface area contributed by atoms with Gasteiger partial charge in [0.15, 0.2) is 0 Å². The zero-order valence-corrected chi connectivity index (χ0v) is 10.7. The summed E-state index contributed by atoms with van der Waals surface area (Å²) in [5.41, 5.74) is 2.92. The summed E-state index contributed by atoms with van der Waals surface area (Å²) in [6, 6.07) is 6.52. The van der Waals surface area contributed by atoms with Crippen LogP contribution < -0.4 is 5.30 Å². The molecular formula is C12H20NP. The van der Waals surface area contributed by atoms with Gasteiger partial charge in [-0.2, -0.15) is 0 Å². The Morgan fingerprint density at radius 2 is 1.93 bits per heavy atom. The predicted molar refractivity (Wildman–Crippen MR) is 67.3 cm³/mol. The zero-order chi connectivity index (χ0) is 10.7. The highest BCUT2D eigenvalue weighted by molar-refractivity contribution is 7.27. The van der Waals surface area contributed by atoms with E-state index in [0.717, 1.165) is 6.54 Å². The van der Waals surface area contributed by atoms with Crippen molar-refractivity contribution < 1.29 is 0 Å². The predicted octanol–water partition coefficient (Wildman–Crippen LogP) is 2.37. The van der Waals surface area contributed by atoms with Crippen LogP contribution in [0.15, 0.2) is 18.2 Å². The standard InChI is InChI=1S/C12H20NP/c1-9(2)12-10(8-13(3)4)6-5-7-11(12)14/h5-7,9H,8,14H2,1-4H3. The van der Waals surface area contributed by atoms with E-state index in [-0.39, 0.29) is 0 Å². The molecular weight excluding hydrogens is 189 g/mol. The number of rotatable bonds is 3. The highest BCUT2D eigenvalue weighted by Gasteiger charge is 2.09. The van der Waals surface area contributed by atoms with Gasteiger partial charge in [0.2, 0.25) is 0 Å². The largest absolute Gasteiger partial charge is 0.305 e. The van der Waals surface area contributed by atoms with Gasteiger partial charge >= 0.3 is 0 Å². The minimum absolute atomic E-state index is 0.596. The first-order valence-electron chi connectivity index (χ1n) is 5.04. The Hall–Kier alpha value is -0.390.